The molecule has 0 aromatic carbocycles. The van der Waals surface area contributed by atoms with Crippen LogP contribution in [0.3, 0.4) is 0 Å². The molecule has 0 radical (unpaired) electrons. The maximum atomic E-state index is 12.5. The lowest BCUT2D eigenvalue weighted by Crippen LogP contribution is -2.20. The van der Waals surface area contributed by atoms with Crippen molar-refractivity contribution in [2.75, 3.05) is 7.05 Å². The van der Waals surface area contributed by atoms with Crippen LogP contribution < -0.4 is 10.9 Å². The molecular weight excluding hydrogens is 256 g/mol. The Morgan fingerprint density at radius 1 is 1.35 bits per heavy atom. The van der Waals surface area contributed by atoms with Gasteiger partial charge >= 0.3 is 0 Å². The molecule has 6 nitrogen and oxygen atoms in total. The second-order valence-corrected chi connectivity index (χ2v) is 4.71. The van der Waals surface area contributed by atoms with Gasteiger partial charge in [0.25, 0.3) is 11.5 Å². The van der Waals surface area contributed by atoms with Crippen molar-refractivity contribution in [3.05, 3.63) is 46.0 Å². The second-order valence-electron chi connectivity index (χ2n) is 4.71. The van der Waals surface area contributed by atoms with E-state index >= 15 is 0 Å². The van der Waals surface area contributed by atoms with Crippen molar-refractivity contribution in [2.45, 2.75) is 6.92 Å². The molecule has 0 aliphatic heterocycles. The Morgan fingerprint density at radius 3 is 2.80 bits per heavy atom. The van der Waals surface area contributed by atoms with Crippen molar-refractivity contribution in [1.82, 2.24) is 19.3 Å². The second kappa shape index (κ2) is 4.19. The Bertz CT molecular complexity index is 905. The first kappa shape index (κ1) is 12.4. The van der Waals surface area contributed by atoms with Gasteiger partial charge in [-0.2, -0.15) is 0 Å². The quantitative estimate of drug-likeness (QED) is 0.713. The molecule has 0 aliphatic rings. The third-order valence-corrected chi connectivity index (χ3v) is 3.48. The zero-order chi connectivity index (χ0) is 14.4. The molecule has 1 amide bonds. The summed E-state index contributed by atoms with van der Waals surface area (Å²) in [5.41, 5.74) is 2.28. The average Bonchev–Trinajstić information content (AvgIpc) is 2.78. The Hall–Kier alpha value is -2.63. The minimum absolute atomic E-state index is 0.167. The minimum atomic E-state index is -0.240. The number of carbonyl (C=O) groups is 1. The number of hydrogen-bond acceptors (Lipinski definition) is 3. The van der Waals surface area contributed by atoms with Gasteiger partial charge in [0.05, 0.1) is 5.39 Å². The molecule has 0 fully saturated rings. The molecule has 0 saturated heterocycles. The number of amides is 1. The third kappa shape index (κ3) is 1.54. The Kier molecular flexibility index (Phi) is 2.60. The van der Waals surface area contributed by atoms with E-state index in [1.807, 2.05) is 13.0 Å². The maximum absolute atomic E-state index is 12.5. The summed E-state index contributed by atoms with van der Waals surface area (Å²) in [6.45, 7) is 1.90. The van der Waals surface area contributed by atoms with Gasteiger partial charge in [0.2, 0.25) is 0 Å². The minimum Gasteiger partial charge on any atom is -0.354 e. The van der Waals surface area contributed by atoms with Crippen LogP contribution in [0.2, 0.25) is 0 Å². The van der Waals surface area contributed by atoms with Crippen molar-refractivity contribution < 1.29 is 4.79 Å². The van der Waals surface area contributed by atoms with E-state index in [2.05, 4.69) is 10.3 Å². The van der Waals surface area contributed by atoms with Gasteiger partial charge in [0.1, 0.15) is 17.0 Å². The molecular formula is C14H14N4O2. The number of rotatable bonds is 1. The molecule has 0 spiro atoms. The number of pyridine rings is 1. The van der Waals surface area contributed by atoms with Gasteiger partial charge in [-0.05, 0) is 24.6 Å². The summed E-state index contributed by atoms with van der Waals surface area (Å²) >= 11 is 0. The Labute approximate surface area is 114 Å². The van der Waals surface area contributed by atoms with Crippen LogP contribution in [0, 0.1) is 6.92 Å². The van der Waals surface area contributed by atoms with E-state index < -0.39 is 0 Å². The summed E-state index contributed by atoms with van der Waals surface area (Å²) in [5, 5.41) is 3.00. The zero-order valence-corrected chi connectivity index (χ0v) is 11.5. The van der Waals surface area contributed by atoms with Crippen molar-refractivity contribution in [1.29, 1.82) is 0 Å². The SMILES string of the molecule is CNC(=O)c1cc2c(=O)n3cccc(C)c3nc2n1C. The molecule has 3 aromatic heterocycles. The highest BCUT2D eigenvalue weighted by molar-refractivity contribution is 5.97. The fourth-order valence-corrected chi connectivity index (χ4v) is 2.38. The normalized spacial score (nSPS) is 11.2. The van der Waals surface area contributed by atoms with Crippen LogP contribution in [0.1, 0.15) is 16.1 Å². The molecule has 0 saturated carbocycles. The van der Waals surface area contributed by atoms with E-state index in [0.29, 0.717) is 22.4 Å². The van der Waals surface area contributed by atoms with Crippen molar-refractivity contribution in [2.24, 2.45) is 7.05 Å². The van der Waals surface area contributed by atoms with Crippen LogP contribution in [-0.2, 0) is 7.05 Å². The average molecular weight is 270 g/mol. The van der Waals surface area contributed by atoms with Crippen molar-refractivity contribution >= 4 is 22.6 Å². The van der Waals surface area contributed by atoms with Crippen molar-refractivity contribution in [3.63, 3.8) is 0 Å². The number of carbonyl (C=O) groups excluding carboxylic acids is 1. The van der Waals surface area contributed by atoms with Gasteiger partial charge in [0, 0.05) is 20.3 Å². The van der Waals surface area contributed by atoms with Gasteiger partial charge in [-0.1, -0.05) is 6.07 Å². The van der Waals surface area contributed by atoms with Gasteiger partial charge in [-0.3, -0.25) is 14.0 Å². The standard InChI is InChI=1S/C14H14N4O2/c1-8-5-4-6-18-11(8)16-12-9(14(18)20)7-10(17(12)3)13(19)15-2/h4-7H,1-3H3,(H,15,19). The predicted molar refractivity (Wildman–Crippen MR) is 76.1 cm³/mol. The molecule has 1 N–H and O–H groups in total. The molecule has 0 aliphatic carbocycles. The molecule has 3 rings (SSSR count). The zero-order valence-electron chi connectivity index (χ0n) is 11.5. The van der Waals surface area contributed by atoms with Crippen LogP contribution in [0.25, 0.3) is 16.7 Å². The van der Waals surface area contributed by atoms with Crippen LogP contribution in [0.15, 0.2) is 29.2 Å². The van der Waals surface area contributed by atoms with Crippen LogP contribution in [0.5, 0.6) is 0 Å². The van der Waals surface area contributed by atoms with Gasteiger partial charge < -0.3 is 9.88 Å². The monoisotopic (exact) mass is 270 g/mol. The maximum Gasteiger partial charge on any atom is 0.267 e. The molecule has 3 aromatic rings. The summed E-state index contributed by atoms with van der Waals surface area (Å²) in [6, 6.07) is 5.29. The summed E-state index contributed by atoms with van der Waals surface area (Å²) in [5.74, 6) is -0.240. The molecule has 0 bridgehead atoms. The molecule has 0 unspecified atom stereocenters. The van der Waals surface area contributed by atoms with E-state index in [-0.39, 0.29) is 11.5 Å². The lowest BCUT2D eigenvalue weighted by molar-refractivity contribution is 0.0955. The molecule has 20 heavy (non-hydrogen) atoms. The molecule has 102 valence electrons. The number of aromatic nitrogens is 3. The highest BCUT2D eigenvalue weighted by atomic mass is 16.2. The summed E-state index contributed by atoms with van der Waals surface area (Å²) < 4.78 is 3.15. The smallest absolute Gasteiger partial charge is 0.267 e. The van der Waals surface area contributed by atoms with Crippen LogP contribution in [-0.4, -0.2) is 26.9 Å². The van der Waals surface area contributed by atoms with E-state index in [1.165, 1.54) is 4.40 Å². The highest BCUT2D eigenvalue weighted by Gasteiger charge is 2.16. The largest absolute Gasteiger partial charge is 0.354 e. The lowest BCUT2D eigenvalue weighted by Gasteiger charge is -2.05. The fraction of sp³-hybridized carbons (Fsp3) is 0.214. The number of aryl methyl sites for hydroxylation is 2. The first-order valence-corrected chi connectivity index (χ1v) is 6.24. The van der Waals surface area contributed by atoms with E-state index in [0.717, 1.165) is 5.56 Å². The number of fused-ring (bicyclic) bond motifs is 2. The van der Waals surface area contributed by atoms with E-state index in [1.54, 1.807) is 37.0 Å². The van der Waals surface area contributed by atoms with E-state index in [4.69, 9.17) is 0 Å². The molecule has 3 heterocycles. The van der Waals surface area contributed by atoms with Crippen molar-refractivity contribution in [3.8, 4) is 0 Å². The van der Waals surface area contributed by atoms with E-state index in [9.17, 15) is 9.59 Å². The molecule has 6 heteroatoms. The van der Waals surface area contributed by atoms with Gasteiger partial charge in [-0.15, -0.1) is 0 Å². The highest BCUT2D eigenvalue weighted by Crippen LogP contribution is 2.16. The predicted octanol–water partition coefficient (Wildman–Crippen LogP) is 0.854. The van der Waals surface area contributed by atoms with Gasteiger partial charge in [0.15, 0.2) is 0 Å². The summed E-state index contributed by atoms with van der Waals surface area (Å²) in [4.78, 5) is 28.8. The first-order chi connectivity index (χ1) is 9.54. The number of hydrogen-bond donors (Lipinski definition) is 1. The Balaban J connectivity index is 2.50. The van der Waals surface area contributed by atoms with Crippen LogP contribution >= 0.6 is 0 Å². The molecule has 0 atom stereocenters. The van der Waals surface area contributed by atoms with Gasteiger partial charge in [-0.25, -0.2) is 4.98 Å². The topological polar surface area (TPSA) is 68.4 Å². The third-order valence-electron chi connectivity index (χ3n) is 3.48. The number of nitrogens with one attached hydrogen (secondary N) is 1. The van der Waals surface area contributed by atoms with Crippen LogP contribution in [0.4, 0.5) is 0 Å². The lowest BCUT2D eigenvalue weighted by atomic mass is 10.3. The Morgan fingerprint density at radius 2 is 2.10 bits per heavy atom. The fourth-order valence-electron chi connectivity index (χ4n) is 2.38. The summed E-state index contributed by atoms with van der Waals surface area (Å²) in [7, 11) is 3.29. The first-order valence-electron chi connectivity index (χ1n) is 6.24. The number of nitrogens with zero attached hydrogens (tertiary/aromatic N) is 3. The summed E-state index contributed by atoms with van der Waals surface area (Å²) in [6.07, 6.45) is 1.68.